The lowest BCUT2D eigenvalue weighted by Crippen LogP contribution is -2.43. The van der Waals surface area contributed by atoms with Crippen LogP contribution in [-0.2, 0) is 20.8 Å². The molecule has 0 saturated heterocycles. The highest BCUT2D eigenvalue weighted by Crippen LogP contribution is 2.11. The van der Waals surface area contributed by atoms with E-state index in [2.05, 4.69) is 5.48 Å². The zero-order valence-corrected chi connectivity index (χ0v) is 14.3. The molecule has 0 bridgehead atoms. The molecule has 0 saturated carbocycles. The standard InChI is InChI=1S/C17H28N2O3/c1-17(2,3)22-16(20)15(18-21-12-11-19(4)5)13-14-9-7-6-8-10-14/h6-10,15,18H,11-13H2,1-5H3/t15-/m0/s1. The Kier molecular flexibility index (Phi) is 7.51. The Bertz CT molecular complexity index is 441. The molecule has 124 valence electrons. The molecule has 0 aliphatic carbocycles. The third-order valence-corrected chi connectivity index (χ3v) is 2.84. The fourth-order valence-corrected chi connectivity index (χ4v) is 1.78. The average Bonchev–Trinajstić information content (AvgIpc) is 2.41. The molecule has 0 fully saturated rings. The van der Waals surface area contributed by atoms with E-state index in [1.54, 1.807) is 0 Å². The predicted octanol–water partition coefficient (Wildman–Crippen LogP) is 2.02. The lowest BCUT2D eigenvalue weighted by Gasteiger charge is -2.24. The van der Waals surface area contributed by atoms with E-state index >= 15 is 0 Å². The number of ether oxygens (including phenoxy) is 1. The molecule has 1 atom stereocenters. The Hall–Kier alpha value is -1.43. The highest BCUT2D eigenvalue weighted by atomic mass is 16.7. The molecule has 22 heavy (non-hydrogen) atoms. The lowest BCUT2D eigenvalue weighted by atomic mass is 10.1. The molecule has 0 aromatic heterocycles. The summed E-state index contributed by atoms with van der Waals surface area (Å²) in [7, 11) is 3.94. The van der Waals surface area contributed by atoms with Crippen molar-refractivity contribution in [2.75, 3.05) is 27.2 Å². The zero-order valence-electron chi connectivity index (χ0n) is 14.3. The smallest absolute Gasteiger partial charge is 0.326 e. The molecule has 0 radical (unpaired) electrons. The first-order valence-electron chi connectivity index (χ1n) is 7.57. The van der Waals surface area contributed by atoms with Crippen LogP contribution < -0.4 is 5.48 Å². The van der Waals surface area contributed by atoms with Gasteiger partial charge in [0, 0.05) is 13.0 Å². The van der Waals surface area contributed by atoms with Gasteiger partial charge in [-0.25, -0.2) is 0 Å². The van der Waals surface area contributed by atoms with Gasteiger partial charge in [0.15, 0.2) is 0 Å². The summed E-state index contributed by atoms with van der Waals surface area (Å²) >= 11 is 0. The maximum Gasteiger partial charge on any atom is 0.326 e. The highest BCUT2D eigenvalue weighted by Gasteiger charge is 2.25. The first-order chi connectivity index (χ1) is 10.3. The van der Waals surface area contributed by atoms with Gasteiger partial charge in [0.2, 0.25) is 0 Å². The molecule has 5 heteroatoms. The van der Waals surface area contributed by atoms with Crippen LogP contribution in [0, 0.1) is 0 Å². The summed E-state index contributed by atoms with van der Waals surface area (Å²) in [5, 5.41) is 0. The molecule has 0 spiro atoms. The van der Waals surface area contributed by atoms with Crippen LogP contribution in [0.3, 0.4) is 0 Å². The van der Waals surface area contributed by atoms with Crippen molar-refractivity contribution in [2.45, 2.75) is 38.8 Å². The molecule has 1 aromatic carbocycles. The molecule has 1 aromatic rings. The van der Waals surface area contributed by atoms with E-state index < -0.39 is 11.6 Å². The van der Waals surface area contributed by atoms with Crippen molar-refractivity contribution in [1.29, 1.82) is 0 Å². The minimum absolute atomic E-state index is 0.304. The number of nitrogens with one attached hydrogen (secondary N) is 1. The van der Waals surface area contributed by atoms with Gasteiger partial charge < -0.3 is 9.64 Å². The van der Waals surface area contributed by atoms with E-state index in [1.165, 1.54) is 0 Å². The monoisotopic (exact) mass is 308 g/mol. The molecule has 0 aliphatic heterocycles. The van der Waals surface area contributed by atoms with Gasteiger partial charge in [-0.05, 0) is 40.4 Å². The van der Waals surface area contributed by atoms with E-state index in [0.717, 1.165) is 12.1 Å². The number of carbonyl (C=O) groups is 1. The van der Waals surface area contributed by atoms with Gasteiger partial charge in [-0.2, -0.15) is 5.48 Å². The van der Waals surface area contributed by atoms with Gasteiger partial charge >= 0.3 is 5.97 Å². The number of esters is 1. The Morgan fingerprint density at radius 1 is 1.23 bits per heavy atom. The maximum absolute atomic E-state index is 12.3. The summed E-state index contributed by atoms with van der Waals surface area (Å²) in [6.07, 6.45) is 0.526. The summed E-state index contributed by atoms with van der Waals surface area (Å²) in [5.74, 6) is -0.304. The number of rotatable bonds is 8. The van der Waals surface area contributed by atoms with Crippen molar-refractivity contribution in [3.05, 3.63) is 35.9 Å². The van der Waals surface area contributed by atoms with Crippen LogP contribution in [0.1, 0.15) is 26.3 Å². The largest absolute Gasteiger partial charge is 0.459 e. The van der Waals surface area contributed by atoms with Crippen LogP contribution in [0.4, 0.5) is 0 Å². The molecule has 1 rings (SSSR count). The summed E-state index contributed by atoms with van der Waals surface area (Å²) in [6, 6.07) is 9.30. The van der Waals surface area contributed by atoms with Crippen LogP contribution in [-0.4, -0.2) is 49.8 Å². The molecule has 0 aliphatic rings. The van der Waals surface area contributed by atoms with E-state index in [-0.39, 0.29) is 5.97 Å². The van der Waals surface area contributed by atoms with Gasteiger partial charge in [0.1, 0.15) is 11.6 Å². The van der Waals surface area contributed by atoms with Crippen LogP contribution in [0.2, 0.25) is 0 Å². The number of nitrogens with zero attached hydrogens (tertiary/aromatic N) is 1. The molecular formula is C17H28N2O3. The SMILES string of the molecule is CN(C)CCON[C@@H](Cc1ccccc1)C(=O)OC(C)(C)C. The van der Waals surface area contributed by atoms with Crippen molar-refractivity contribution in [2.24, 2.45) is 0 Å². The van der Waals surface area contributed by atoms with Crippen molar-refractivity contribution < 1.29 is 14.4 Å². The first kappa shape index (κ1) is 18.6. The van der Waals surface area contributed by atoms with Gasteiger partial charge in [0.25, 0.3) is 0 Å². The van der Waals surface area contributed by atoms with Crippen LogP contribution in [0.5, 0.6) is 0 Å². The number of benzene rings is 1. The predicted molar refractivity (Wildman–Crippen MR) is 87.4 cm³/mol. The second kappa shape index (κ2) is 8.88. The van der Waals surface area contributed by atoms with E-state index in [1.807, 2.05) is 70.1 Å². The van der Waals surface area contributed by atoms with E-state index in [0.29, 0.717) is 13.0 Å². The normalized spacial score (nSPS) is 13.2. The maximum atomic E-state index is 12.3. The minimum Gasteiger partial charge on any atom is -0.459 e. The van der Waals surface area contributed by atoms with Crippen LogP contribution in [0.15, 0.2) is 30.3 Å². The average molecular weight is 308 g/mol. The van der Waals surface area contributed by atoms with Crippen molar-refractivity contribution >= 4 is 5.97 Å². The van der Waals surface area contributed by atoms with E-state index in [9.17, 15) is 4.79 Å². The molecular weight excluding hydrogens is 280 g/mol. The molecule has 0 heterocycles. The number of hydrogen-bond donors (Lipinski definition) is 1. The van der Waals surface area contributed by atoms with Crippen LogP contribution >= 0.6 is 0 Å². The number of carbonyl (C=O) groups excluding carboxylic acids is 1. The minimum atomic E-state index is -0.524. The summed E-state index contributed by atoms with van der Waals surface area (Å²) in [4.78, 5) is 19.8. The van der Waals surface area contributed by atoms with Gasteiger partial charge in [0.05, 0.1) is 6.61 Å². The lowest BCUT2D eigenvalue weighted by molar-refractivity contribution is -0.162. The van der Waals surface area contributed by atoms with E-state index in [4.69, 9.17) is 9.57 Å². The second-order valence-electron chi connectivity index (χ2n) is 6.55. The topological polar surface area (TPSA) is 50.8 Å². The Morgan fingerprint density at radius 2 is 1.86 bits per heavy atom. The highest BCUT2D eigenvalue weighted by molar-refractivity contribution is 5.76. The number of likely N-dealkylation sites (N-methyl/N-ethyl adjacent to an activating group) is 1. The molecule has 5 nitrogen and oxygen atoms in total. The molecule has 0 unspecified atom stereocenters. The number of hydrogen-bond acceptors (Lipinski definition) is 5. The quantitative estimate of drug-likeness (QED) is 0.452. The fraction of sp³-hybridized carbons (Fsp3) is 0.588. The molecule has 0 amide bonds. The fourth-order valence-electron chi connectivity index (χ4n) is 1.78. The summed E-state index contributed by atoms with van der Waals surface area (Å²) in [5.41, 5.74) is 3.39. The van der Waals surface area contributed by atoms with Gasteiger partial charge in [-0.1, -0.05) is 30.3 Å². The van der Waals surface area contributed by atoms with Crippen molar-refractivity contribution in [3.63, 3.8) is 0 Å². The number of hydroxylamine groups is 1. The second-order valence-corrected chi connectivity index (χ2v) is 6.55. The third kappa shape index (κ3) is 8.12. The van der Waals surface area contributed by atoms with Crippen molar-refractivity contribution in [3.8, 4) is 0 Å². The Morgan fingerprint density at radius 3 is 2.41 bits per heavy atom. The van der Waals surface area contributed by atoms with Crippen LogP contribution in [0.25, 0.3) is 0 Å². The Balaban J connectivity index is 2.61. The summed E-state index contributed by atoms with van der Waals surface area (Å²) in [6.45, 7) is 6.85. The third-order valence-electron chi connectivity index (χ3n) is 2.84. The van der Waals surface area contributed by atoms with Crippen molar-refractivity contribution in [1.82, 2.24) is 10.4 Å². The summed E-state index contributed by atoms with van der Waals surface area (Å²) < 4.78 is 5.46. The molecule has 1 N–H and O–H groups in total. The Labute approximate surface area is 133 Å². The van der Waals surface area contributed by atoms with Gasteiger partial charge in [-0.3, -0.25) is 9.63 Å². The zero-order chi connectivity index (χ0) is 16.6. The van der Waals surface area contributed by atoms with Gasteiger partial charge in [-0.15, -0.1) is 0 Å². The first-order valence-corrected chi connectivity index (χ1v) is 7.57.